The molecule has 2 nitrogen and oxygen atoms in total. The van der Waals surface area contributed by atoms with Gasteiger partial charge in [-0.1, -0.05) is 26.7 Å². The molecule has 116 valence electrons. The second-order valence-electron chi connectivity index (χ2n) is 8.94. The fraction of sp³-hybridized carbons (Fsp3) is 1.00. The van der Waals surface area contributed by atoms with E-state index in [-0.39, 0.29) is 5.54 Å². The molecule has 0 amide bonds. The van der Waals surface area contributed by atoms with Crippen LogP contribution in [0.1, 0.15) is 84.5 Å². The lowest BCUT2D eigenvalue weighted by Crippen LogP contribution is -2.57. The van der Waals surface area contributed by atoms with Gasteiger partial charge in [-0.2, -0.15) is 0 Å². The fourth-order valence-electron chi connectivity index (χ4n) is 5.28. The molecular weight excluding hydrogens is 244 g/mol. The molecule has 0 bridgehead atoms. The average molecular weight is 278 g/mol. The van der Waals surface area contributed by atoms with Crippen LogP contribution in [0.15, 0.2) is 0 Å². The van der Waals surface area contributed by atoms with Gasteiger partial charge in [0.1, 0.15) is 0 Å². The maximum atomic E-state index is 6.21. The van der Waals surface area contributed by atoms with E-state index >= 15 is 0 Å². The number of rotatable bonds is 3. The van der Waals surface area contributed by atoms with Crippen LogP contribution in [0.5, 0.6) is 0 Å². The largest absolute Gasteiger partial charge is 0.329 e. The zero-order chi connectivity index (χ0) is 14.3. The summed E-state index contributed by atoms with van der Waals surface area (Å²) < 4.78 is 0. The maximum absolute atomic E-state index is 6.21. The molecule has 0 saturated heterocycles. The molecule has 0 radical (unpaired) electrons. The summed E-state index contributed by atoms with van der Waals surface area (Å²) in [5.41, 5.74) is 7.73. The first kappa shape index (κ1) is 14.8. The van der Waals surface area contributed by atoms with E-state index in [1.165, 1.54) is 70.6 Å². The molecule has 0 aliphatic heterocycles. The Kier molecular flexibility index (Phi) is 3.92. The van der Waals surface area contributed by atoms with Crippen molar-refractivity contribution in [2.75, 3.05) is 6.54 Å². The van der Waals surface area contributed by atoms with Crippen molar-refractivity contribution in [1.29, 1.82) is 0 Å². The van der Waals surface area contributed by atoms with E-state index in [1.54, 1.807) is 0 Å². The van der Waals surface area contributed by atoms with Gasteiger partial charge < -0.3 is 11.1 Å². The Balaban J connectivity index is 1.59. The molecule has 3 fully saturated rings. The highest BCUT2D eigenvalue weighted by Crippen LogP contribution is 2.51. The third-order valence-corrected chi connectivity index (χ3v) is 6.80. The molecule has 3 aliphatic rings. The van der Waals surface area contributed by atoms with Gasteiger partial charge in [0.05, 0.1) is 0 Å². The van der Waals surface area contributed by atoms with Crippen LogP contribution >= 0.6 is 0 Å². The van der Waals surface area contributed by atoms with E-state index in [0.717, 1.165) is 12.0 Å². The monoisotopic (exact) mass is 278 g/mol. The number of hydrogen-bond donors (Lipinski definition) is 2. The molecule has 1 atom stereocenters. The number of nitrogens with one attached hydrogen (secondary N) is 1. The van der Waals surface area contributed by atoms with Gasteiger partial charge in [-0.15, -0.1) is 0 Å². The van der Waals surface area contributed by atoms with E-state index in [0.29, 0.717) is 11.5 Å². The summed E-state index contributed by atoms with van der Waals surface area (Å²) in [5.74, 6) is 0. The van der Waals surface area contributed by atoms with Gasteiger partial charge >= 0.3 is 0 Å². The molecule has 1 unspecified atom stereocenters. The molecule has 0 heterocycles. The van der Waals surface area contributed by atoms with Gasteiger partial charge in [0.25, 0.3) is 0 Å². The topological polar surface area (TPSA) is 38.0 Å². The molecule has 0 aromatic rings. The normalized spacial score (nSPS) is 34.6. The predicted molar refractivity (Wildman–Crippen MR) is 85.7 cm³/mol. The second kappa shape index (κ2) is 5.28. The summed E-state index contributed by atoms with van der Waals surface area (Å²) in [6.07, 6.45) is 15.5. The van der Waals surface area contributed by atoms with Gasteiger partial charge in [-0.3, -0.25) is 0 Å². The lowest BCUT2D eigenvalue weighted by molar-refractivity contribution is 0.105. The molecule has 20 heavy (non-hydrogen) atoms. The van der Waals surface area contributed by atoms with E-state index in [4.69, 9.17) is 5.73 Å². The van der Waals surface area contributed by atoms with Crippen molar-refractivity contribution in [3.63, 3.8) is 0 Å². The second-order valence-corrected chi connectivity index (χ2v) is 8.94. The molecule has 1 spiro atoms. The van der Waals surface area contributed by atoms with Crippen molar-refractivity contribution in [1.82, 2.24) is 5.32 Å². The van der Waals surface area contributed by atoms with E-state index in [9.17, 15) is 0 Å². The quantitative estimate of drug-likeness (QED) is 0.819. The van der Waals surface area contributed by atoms with Crippen LogP contribution in [-0.2, 0) is 0 Å². The standard InChI is InChI=1S/C18H34N2/c1-16(2)8-5-15(13-16)20-18(14-19)11-9-17(10-12-18)6-3-4-7-17/h15,20H,3-14,19H2,1-2H3. The highest BCUT2D eigenvalue weighted by atomic mass is 15.0. The number of nitrogens with two attached hydrogens (primary N) is 1. The van der Waals surface area contributed by atoms with Crippen molar-refractivity contribution < 1.29 is 0 Å². The average Bonchev–Trinajstić information content (AvgIpc) is 3.00. The third-order valence-electron chi connectivity index (χ3n) is 6.80. The number of hydrogen-bond acceptors (Lipinski definition) is 2. The molecule has 3 rings (SSSR count). The third kappa shape index (κ3) is 2.92. The Morgan fingerprint density at radius 2 is 1.60 bits per heavy atom. The minimum absolute atomic E-state index is 0.263. The van der Waals surface area contributed by atoms with Gasteiger partial charge in [0.2, 0.25) is 0 Å². The van der Waals surface area contributed by atoms with Crippen LogP contribution in [0, 0.1) is 10.8 Å². The Labute approximate surface area is 125 Å². The van der Waals surface area contributed by atoms with Gasteiger partial charge in [0.15, 0.2) is 0 Å². The lowest BCUT2D eigenvalue weighted by atomic mass is 9.66. The van der Waals surface area contributed by atoms with Crippen molar-refractivity contribution >= 4 is 0 Å². The van der Waals surface area contributed by atoms with Crippen molar-refractivity contribution in [2.24, 2.45) is 16.6 Å². The fourth-order valence-corrected chi connectivity index (χ4v) is 5.28. The molecular formula is C18H34N2. The zero-order valence-electron chi connectivity index (χ0n) is 13.6. The summed E-state index contributed by atoms with van der Waals surface area (Å²) in [5, 5.41) is 4.02. The summed E-state index contributed by atoms with van der Waals surface area (Å²) in [4.78, 5) is 0. The van der Waals surface area contributed by atoms with Crippen LogP contribution in [-0.4, -0.2) is 18.1 Å². The summed E-state index contributed by atoms with van der Waals surface area (Å²) in [6, 6.07) is 0.714. The Morgan fingerprint density at radius 1 is 0.950 bits per heavy atom. The Hall–Kier alpha value is -0.0800. The van der Waals surface area contributed by atoms with E-state index in [1.807, 2.05) is 0 Å². The van der Waals surface area contributed by atoms with Crippen molar-refractivity contribution in [3.8, 4) is 0 Å². The first-order valence-electron chi connectivity index (χ1n) is 8.95. The SMILES string of the molecule is CC1(C)CCC(NC2(CN)CCC3(CCCC3)CC2)C1. The summed E-state index contributed by atoms with van der Waals surface area (Å²) in [7, 11) is 0. The molecule has 3 N–H and O–H groups in total. The molecule has 2 heteroatoms. The van der Waals surface area contributed by atoms with E-state index < -0.39 is 0 Å². The zero-order valence-corrected chi connectivity index (χ0v) is 13.6. The Bertz CT molecular complexity index is 331. The minimum Gasteiger partial charge on any atom is -0.329 e. The Morgan fingerprint density at radius 3 is 2.10 bits per heavy atom. The van der Waals surface area contributed by atoms with Crippen LogP contribution in [0.4, 0.5) is 0 Å². The minimum atomic E-state index is 0.263. The van der Waals surface area contributed by atoms with Gasteiger partial charge in [0, 0.05) is 18.1 Å². The predicted octanol–water partition coefficient (Wildman–Crippen LogP) is 3.99. The maximum Gasteiger partial charge on any atom is 0.0306 e. The smallest absolute Gasteiger partial charge is 0.0306 e. The first-order chi connectivity index (χ1) is 9.47. The molecule has 3 aliphatic carbocycles. The lowest BCUT2D eigenvalue weighted by Gasteiger charge is -2.46. The van der Waals surface area contributed by atoms with Crippen LogP contribution in [0.25, 0.3) is 0 Å². The highest BCUT2D eigenvalue weighted by Gasteiger charge is 2.45. The van der Waals surface area contributed by atoms with Crippen molar-refractivity contribution in [2.45, 2.75) is 96.1 Å². The van der Waals surface area contributed by atoms with Crippen LogP contribution in [0.3, 0.4) is 0 Å². The summed E-state index contributed by atoms with van der Waals surface area (Å²) in [6.45, 7) is 5.66. The van der Waals surface area contributed by atoms with E-state index in [2.05, 4.69) is 19.2 Å². The van der Waals surface area contributed by atoms with Crippen molar-refractivity contribution in [3.05, 3.63) is 0 Å². The first-order valence-corrected chi connectivity index (χ1v) is 8.95. The highest BCUT2D eigenvalue weighted by molar-refractivity contribution is 5.02. The van der Waals surface area contributed by atoms with Crippen LogP contribution < -0.4 is 11.1 Å². The molecule has 0 aromatic carbocycles. The van der Waals surface area contributed by atoms with Gasteiger partial charge in [-0.25, -0.2) is 0 Å². The molecule has 0 aromatic heterocycles. The molecule has 3 saturated carbocycles. The van der Waals surface area contributed by atoms with Gasteiger partial charge in [-0.05, 0) is 68.6 Å². The summed E-state index contributed by atoms with van der Waals surface area (Å²) >= 11 is 0. The van der Waals surface area contributed by atoms with Crippen LogP contribution in [0.2, 0.25) is 0 Å².